The minimum absolute atomic E-state index is 0.229. The van der Waals surface area contributed by atoms with E-state index in [0.717, 1.165) is 35.9 Å². The van der Waals surface area contributed by atoms with E-state index >= 15 is 0 Å². The fraction of sp³-hybridized carbons (Fsp3) is 0.345. The van der Waals surface area contributed by atoms with Crippen LogP contribution in [0, 0.1) is 0 Å². The van der Waals surface area contributed by atoms with E-state index in [1.807, 2.05) is 43.9 Å². The van der Waals surface area contributed by atoms with Gasteiger partial charge in [-0.25, -0.2) is 4.79 Å². The highest BCUT2D eigenvalue weighted by Crippen LogP contribution is 2.29. The Labute approximate surface area is 206 Å². The van der Waals surface area contributed by atoms with Crippen LogP contribution in [0.3, 0.4) is 0 Å². The summed E-state index contributed by atoms with van der Waals surface area (Å²) in [6.07, 6.45) is 8.32. The molecule has 5 rings (SSSR count). The van der Waals surface area contributed by atoms with Crippen LogP contribution >= 0.6 is 0 Å². The molecule has 1 fully saturated rings. The fourth-order valence-corrected chi connectivity index (χ4v) is 4.68. The third-order valence-electron chi connectivity index (χ3n) is 6.50. The first-order valence-electron chi connectivity index (χ1n) is 12.3. The number of amides is 1. The molecule has 1 amide bonds. The van der Waals surface area contributed by atoms with Gasteiger partial charge in [0.05, 0.1) is 17.8 Å². The molecular weight excluding hydrogens is 436 g/mol. The van der Waals surface area contributed by atoms with Crippen LogP contribution in [0.1, 0.15) is 50.8 Å². The van der Waals surface area contributed by atoms with Gasteiger partial charge in [-0.1, -0.05) is 42.5 Å². The zero-order valence-electron chi connectivity index (χ0n) is 20.6. The zero-order chi connectivity index (χ0) is 24.4. The molecule has 2 aromatic carbocycles. The van der Waals surface area contributed by atoms with Crippen molar-refractivity contribution in [3.8, 4) is 11.1 Å². The van der Waals surface area contributed by atoms with E-state index in [1.54, 1.807) is 4.90 Å². The van der Waals surface area contributed by atoms with Gasteiger partial charge in [-0.05, 0) is 68.9 Å². The second kappa shape index (κ2) is 9.53. The molecule has 0 N–H and O–H groups in total. The Kier molecular flexibility index (Phi) is 6.29. The second-order valence-corrected chi connectivity index (χ2v) is 10.3. The lowest BCUT2D eigenvalue weighted by molar-refractivity contribution is 0.0185. The van der Waals surface area contributed by atoms with E-state index in [-0.39, 0.29) is 12.1 Å². The normalized spacial score (nSPS) is 14.9. The van der Waals surface area contributed by atoms with Gasteiger partial charge in [0.15, 0.2) is 0 Å². The summed E-state index contributed by atoms with van der Waals surface area (Å²) in [5.41, 5.74) is 5.29. The number of piperidine rings is 1. The van der Waals surface area contributed by atoms with E-state index < -0.39 is 5.60 Å². The minimum atomic E-state index is -0.470. The molecule has 0 bridgehead atoms. The maximum absolute atomic E-state index is 12.4. The molecule has 35 heavy (non-hydrogen) atoms. The van der Waals surface area contributed by atoms with Crippen LogP contribution < -0.4 is 0 Å². The van der Waals surface area contributed by atoms with Gasteiger partial charge in [0, 0.05) is 36.4 Å². The minimum Gasteiger partial charge on any atom is -0.444 e. The molecule has 1 aliphatic heterocycles. The Balaban J connectivity index is 1.28. The molecule has 6 nitrogen and oxygen atoms in total. The number of rotatable bonds is 4. The third-order valence-corrected chi connectivity index (χ3v) is 6.50. The van der Waals surface area contributed by atoms with Gasteiger partial charge < -0.3 is 9.64 Å². The van der Waals surface area contributed by atoms with Crippen LogP contribution in [0.5, 0.6) is 0 Å². The van der Waals surface area contributed by atoms with Crippen molar-refractivity contribution in [2.45, 2.75) is 51.7 Å². The topological polar surface area (TPSA) is 60.2 Å². The standard InChI is InChI=1S/C29H32N4O2/c1-29(2,3)35-28(34)32-15-12-25(13-16-32)33-20-24(19-31-33)22-9-10-26-23(11-14-30-27(26)18-22)17-21-7-5-4-6-8-21/h4-11,14,18-20,25H,12-13,15-17H2,1-3H3. The van der Waals surface area contributed by atoms with Crippen molar-refractivity contribution in [2.24, 2.45) is 0 Å². The number of ether oxygens (including phenoxy) is 1. The number of carbonyl (C=O) groups excluding carboxylic acids is 1. The number of carbonyl (C=O) groups is 1. The summed E-state index contributed by atoms with van der Waals surface area (Å²) in [4.78, 5) is 18.8. The maximum Gasteiger partial charge on any atom is 0.410 e. The summed E-state index contributed by atoms with van der Waals surface area (Å²) in [5, 5.41) is 5.84. The first-order chi connectivity index (χ1) is 16.9. The van der Waals surface area contributed by atoms with Crippen molar-refractivity contribution >= 4 is 17.0 Å². The molecule has 0 aliphatic carbocycles. The van der Waals surface area contributed by atoms with Crippen LogP contribution in [0.2, 0.25) is 0 Å². The van der Waals surface area contributed by atoms with Gasteiger partial charge in [-0.2, -0.15) is 5.10 Å². The molecule has 0 atom stereocenters. The Bertz CT molecular complexity index is 1320. The van der Waals surface area contributed by atoms with Crippen LogP contribution in [0.15, 0.2) is 73.2 Å². The number of benzene rings is 2. The lowest BCUT2D eigenvalue weighted by atomic mass is 9.99. The van der Waals surface area contributed by atoms with Gasteiger partial charge in [-0.15, -0.1) is 0 Å². The Morgan fingerprint density at radius 2 is 1.80 bits per heavy atom. The summed E-state index contributed by atoms with van der Waals surface area (Å²) in [6.45, 7) is 7.05. The average Bonchev–Trinajstić information content (AvgIpc) is 3.34. The van der Waals surface area contributed by atoms with Crippen LogP contribution in [-0.4, -0.2) is 44.4 Å². The van der Waals surface area contributed by atoms with Crippen LogP contribution in [-0.2, 0) is 11.2 Å². The molecule has 6 heteroatoms. The van der Waals surface area contributed by atoms with Gasteiger partial charge in [0.25, 0.3) is 0 Å². The predicted octanol–water partition coefficient (Wildman–Crippen LogP) is 6.26. The number of hydrogen-bond acceptors (Lipinski definition) is 4. The quantitative estimate of drug-likeness (QED) is 0.355. The number of nitrogens with zero attached hydrogens (tertiary/aromatic N) is 4. The van der Waals surface area contributed by atoms with Crippen molar-refractivity contribution in [1.82, 2.24) is 19.7 Å². The maximum atomic E-state index is 12.4. The lowest BCUT2D eigenvalue weighted by Crippen LogP contribution is -2.42. The SMILES string of the molecule is CC(C)(C)OC(=O)N1CCC(n2cc(-c3ccc4c(Cc5ccccc5)ccnc4c3)cn2)CC1. The molecule has 3 heterocycles. The highest BCUT2D eigenvalue weighted by atomic mass is 16.6. The van der Waals surface area contributed by atoms with Gasteiger partial charge >= 0.3 is 6.09 Å². The number of hydrogen-bond donors (Lipinski definition) is 0. The molecule has 0 spiro atoms. The molecule has 0 unspecified atom stereocenters. The first-order valence-corrected chi connectivity index (χ1v) is 12.3. The van der Waals surface area contributed by atoms with E-state index in [4.69, 9.17) is 4.74 Å². The fourth-order valence-electron chi connectivity index (χ4n) is 4.68. The van der Waals surface area contributed by atoms with Crippen LogP contribution in [0.25, 0.3) is 22.0 Å². The summed E-state index contributed by atoms with van der Waals surface area (Å²) in [7, 11) is 0. The monoisotopic (exact) mass is 468 g/mol. The molecule has 1 aliphatic rings. The molecule has 0 radical (unpaired) electrons. The van der Waals surface area contributed by atoms with Gasteiger partial charge in [0.2, 0.25) is 0 Å². The summed E-state index contributed by atoms with van der Waals surface area (Å²) in [5.74, 6) is 0. The van der Waals surface area contributed by atoms with Gasteiger partial charge in [0.1, 0.15) is 5.60 Å². The highest BCUT2D eigenvalue weighted by molar-refractivity contribution is 5.86. The second-order valence-electron chi connectivity index (χ2n) is 10.3. The molecule has 180 valence electrons. The summed E-state index contributed by atoms with van der Waals surface area (Å²) in [6, 6.07) is 19.4. The van der Waals surface area contributed by atoms with E-state index in [0.29, 0.717) is 13.1 Å². The Morgan fingerprint density at radius 1 is 1.03 bits per heavy atom. The first kappa shape index (κ1) is 23.1. The van der Waals surface area contributed by atoms with Crippen molar-refractivity contribution in [1.29, 1.82) is 0 Å². The van der Waals surface area contributed by atoms with Crippen molar-refractivity contribution in [3.63, 3.8) is 0 Å². The van der Waals surface area contributed by atoms with Crippen LogP contribution in [0.4, 0.5) is 4.79 Å². The summed E-state index contributed by atoms with van der Waals surface area (Å²) < 4.78 is 7.56. The third kappa shape index (κ3) is 5.37. The number of fused-ring (bicyclic) bond motifs is 1. The molecule has 1 saturated heterocycles. The molecule has 2 aromatic heterocycles. The lowest BCUT2D eigenvalue weighted by Gasteiger charge is -2.33. The molecule has 0 saturated carbocycles. The smallest absolute Gasteiger partial charge is 0.410 e. The Morgan fingerprint density at radius 3 is 2.54 bits per heavy atom. The number of aromatic nitrogens is 3. The molecule has 4 aromatic rings. The summed E-state index contributed by atoms with van der Waals surface area (Å²) >= 11 is 0. The van der Waals surface area contributed by atoms with Crippen molar-refractivity contribution in [2.75, 3.05) is 13.1 Å². The largest absolute Gasteiger partial charge is 0.444 e. The van der Waals surface area contributed by atoms with Crippen molar-refractivity contribution in [3.05, 3.63) is 84.3 Å². The van der Waals surface area contributed by atoms with Crippen molar-refractivity contribution < 1.29 is 9.53 Å². The highest BCUT2D eigenvalue weighted by Gasteiger charge is 2.28. The number of likely N-dealkylation sites (tertiary alicyclic amines) is 1. The predicted molar refractivity (Wildman–Crippen MR) is 138 cm³/mol. The number of pyridine rings is 1. The van der Waals surface area contributed by atoms with E-state index in [1.165, 1.54) is 16.5 Å². The average molecular weight is 469 g/mol. The molecular formula is C29H32N4O2. The van der Waals surface area contributed by atoms with E-state index in [2.05, 4.69) is 64.8 Å². The van der Waals surface area contributed by atoms with E-state index in [9.17, 15) is 4.79 Å². The van der Waals surface area contributed by atoms with Gasteiger partial charge in [-0.3, -0.25) is 9.67 Å². The zero-order valence-corrected chi connectivity index (χ0v) is 20.6. The Hall–Kier alpha value is -3.67.